The Bertz CT molecular complexity index is 1060. The van der Waals surface area contributed by atoms with Gasteiger partial charge in [-0.1, -0.05) is 23.7 Å². The van der Waals surface area contributed by atoms with E-state index in [0.717, 1.165) is 16.9 Å². The first-order valence-electron chi connectivity index (χ1n) is 8.86. The van der Waals surface area contributed by atoms with Crippen molar-refractivity contribution in [2.75, 3.05) is 5.32 Å². The van der Waals surface area contributed by atoms with Crippen LogP contribution in [0.2, 0.25) is 5.02 Å². The number of allylic oxidation sites excluding steroid dienone is 1. The van der Waals surface area contributed by atoms with Crippen molar-refractivity contribution in [1.82, 2.24) is 4.98 Å². The highest BCUT2D eigenvalue weighted by atomic mass is 35.5. The third kappa shape index (κ3) is 5.44. The fraction of sp³-hybridized carbons (Fsp3) is 0.136. The second-order valence-corrected chi connectivity index (χ2v) is 7.68. The molecular weight excluding hydrogens is 406 g/mol. The fourth-order valence-electron chi connectivity index (χ4n) is 2.43. The number of esters is 1. The highest BCUT2D eigenvalue weighted by Gasteiger charge is 2.10. The summed E-state index contributed by atoms with van der Waals surface area (Å²) in [6.45, 7) is 3.61. The standard InChI is InChI=1S/C22H18ClN3O2S/c1-14(2)28-22(27)16-5-9-19(10-6-16)25-12-17(11-24)21-26-20(13-29-21)15-3-7-18(23)8-4-15/h3-10,12-14,25H,1-2H3. The Kier molecular flexibility index (Phi) is 6.65. The normalized spacial score (nSPS) is 11.2. The molecule has 0 saturated heterocycles. The van der Waals surface area contributed by atoms with Crippen LogP contribution in [-0.4, -0.2) is 17.1 Å². The minimum atomic E-state index is -0.364. The molecule has 29 heavy (non-hydrogen) atoms. The number of benzene rings is 2. The Morgan fingerprint density at radius 3 is 2.52 bits per heavy atom. The van der Waals surface area contributed by atoms with Crippen LogP contribution in [-0.2, 0) is 4.74 Å². The fourth-order valence-corrected chi connectivity index (χ4v) is 3.35. The van der Waals surface area contributed by atoms with Crippen molar-refractivity contribution in [3.05, 3.63) is 75.7 Å². The van der Waals surface area contributed by atoms with E-state index in [-0.39, 0.29) is 12.1 Å². The van der Waals surface area contributed by atoms with Gasteiger partial charge in [0.05, 0.1) is 17.4 Å². The third-order valence-electron chi connectivity index (χ3n) is 3.84. The zero-order chi connectivity index (χ0) is 20.8. The van der Waals surface area contributed by atoms with Crippen LogP contribution in [0.1, 0.15) is 29.2 Å². The number of thiazole rings is 1. The van der Waals surface area contributed by atoms with Gasteiger partial charge in [-0.15, -0.1) is 11.3 Å². The van der Waals surface area contributed by atoms with E-state index in [1.165, 1.54) is 11.3 Å². The van der Waals surface area contributed by atoms with Crippen molar-refractivity contribution >= 4 is 40.2 Å². The Balaban J connectivity index is 1.72. The van der Waals surface area contributed by atoms with Crippen LogP contribution in [0.5, 0.6) is 0 Å². The number of hydrogen-bond donors (Lipinski definition) is 1. The Labute approximate surface area is 178 Å². The van der Waals surface area contributed by atoms with Crippen molar-refractivity contribution in [2.24, 2.45) is 0 Å². The lowest BCUT2D eigenvalue weighted by Crippen LogP contribution is -2.11. The van der Waals surface area contributed by atoms with E-state index >= 15 is 0 Å². The summed E-state index contributed by atoms with van der Waals surface area (Å²) in [4.78, 5) is 16.4. The molecule has 5 nitrogen and oxygen atoms in total. The van der Waals surface area contributed by atoms with E-state index < -0.39 is 0 Å². The van der Waals surface area contributed by atoms with E-state index in [1.807, 2.05) is 17.5 Å². The number of nitrogens with zero attached hydrogens (tertiary/aromatic N) is 2. The zero-order valence-corrected chi connectivity index (χ0v) is 17.4. The van der Waals surface area contributed by atoms with E-state index in [1.54, 1.807) is 56.4 Å². The lowest BCUT2D eigenvalue weighted by atomic mass is 10.2. The lowest BCUT2D eigenvalue weighted by molar-refractivity contribution is 0.0378. The second-order valence-electron chi connectivity index (χ2n) is 6.39. The lowest BCUT2D eigenvalue weighted by Gasteiger charge is -2.08. The molecule has 0 unspecified atom stereocenters. The van der Waals surface area contributed by atoms with Crippen LogP contribution in [0.4, 0.5) is 5.69 Å². The predicted molar refractivity (Wildman–Crippen MR) is 117 cm³/mol. The first-order chi connectivity index (χ1) is 14.0. The van der Waals surface area contributed by atoms with Gasteiger partial charge in [0.25, 0.3) is 0 Å². The molecule has 0 fully saturated rings. The molecule has 0 amide bonds. The topological polar surface area (TPSA) is 75.0 Å². The molecule has 2 aromatic carbocycles. The van der Waals surface area contributed by atoms with Crippen molar-refractivity contribution in [3.63, 3.8) is 0 Å². The summed E-state index contributed by atoms with van der Waals surface area (Å²) >= 11 is 7.31. The van der Waals surface area contributed by atoms with Crippen LogP contribution >= 0.6 is 22.9 Å². The second kappa shape index (κ2) is 9.37. The quantitative estimate of drug-likeness (QED) is 0.388. The number of anilines is 1. The van der Waals surface area contributed by atoms with Crippen molar-refractivity contribution < 1.29 is 9.53 Å². The van der Waals surface area contributed by atoms with E-state index in [2.05, 4.69) is 16.4 Å². The number of halogens is 1. The summed E-state index contributed by atoms with van der Waals surface area (Å²) < 4.78 is 5.17. The smallest absolute Gasteiger partial charge is 0.338 e. The number of aromatic nitrogens is 1. The molecule has 0 spiro atoms. The average Bonchev–Trinajstić information content (AvgIpc) is 3.19. The van der Waals surface area contributed by atoms with Gasteiger partial charge in [-0.05, 0) is 50.2 Å². The van der Waals surface area contributed by atoms with Crippen molar-refractivity contribution in [3.8, 4) is 17.3 Å². The molecular formula is C22H18ClN3O2S. The summed E-state index contributed by atoms with van der Waals surface area (Å²) in [5, 5.41) is 15.8. The van der Waals surface area contributed by atoms with Crippen LogP contribution < -0.4 is 5.32 Å². The monoisotopic (exact) mass is 423 g/mol. The molecule has 3 aromatic rings. The molecule has 7 heteroatoms. The van der Waals surface area contributed by atoms with Crippen molar-refractivity contribution in [2.45, 2.75) is 20.0 Å². The summed E-state index contributed by atoms with van der Waals surface area (Å²) in [7, 11) is 0. The Morgan fingerprint density at radius 2 is 1.90 bits per heavy atom. The molecule has 0 aliphatic carbocycles. The number of nitriles is 1. The zero-order valence-electron chi connectivity index (χ0n) is 15.8. The largest absolute Gasteiger partial charge is 0.459 e. The maximum Gasteiger partial charge on any atom is 0.338 e. The number of carbonyl (C=O) groups is 1. The first kappa shape index (κ1) is 20.6. The van der Waals surface area contributed by atoms with Gasteiger partial charge in [0, 0.05) is 27.9 Å². The number of carbonyl (C=O) groups excluding carboxylic acids is 1. The maximum absolute atomic E-state index is 11.9. The molecule has 0 atom stereocenters. The molecule has 0 saturated carbocycles. The van der Waals surface area contributed by atoms with Gasteiger partial charge in [0.15, 0.2) is 0 Å². The van der Waals surface area contributed by atoms with Gasteiger partial charge in [0.2, 0.25) is 0 Å². The van der Waals surface area contributed by atoms with E-state index in [4.69, 9.17) is 16.3 Å². The van der Waals surface area contributed by atoms with Gasteiger partial charge in [-0.3, -0.25) is 0 Å². The molecule has 0 aliphatic rings. The number of ether oxygens (including phenoxy) is 1. The van der Waals surface area contributed by atoms with Crippen LogP contribution in [0.15, 0.2) is 60.1 Å². The van der Waals surface area contributed by atoms with E-state index in [0.29, 0.717) is 21.2 Å². The van der Waals surface area contributed by atoms with Crippen LogP contribution in [0, 0.1) is 11.3 Å². The minimum Gasteiger partial charge on any atom is -0.459 e. The molecule has 3 rings (SSSR count). The van der Waals surface area contributed by atoms with Gasteiger partial charge in [-0.2, -0.15) is 5.26 Å². The summed E-state index contributed by atoms with van der Waals surface area (Å²) in [6.07, 6.45) is 1.43. The molecule has 146 valence electrons. The third-order valence-corrected chi connectivity index (χ3v) is 4.97. The summed E-state index contributed by atoms with van der Waals surface area (Å²) in [5.41, 5.74) is 3.36. The summed E-state index contributed by atoms with van der Waals surface area (Å²) in [5.74, 6) is -0.364. The molecule has 0 aliphatic heterocycles. The van der Waals surface area contributed by atoms with Gasteiger partial charge in [0.1, 0.15) is 16.6 Å². The SMILES string of the molecule is CC(C)OC(=O)c1ccc(NC=C(C#N)c2nc(-c3ccc(Cl)cc3)cs2)cc1. The Hall–Kier alpha value is -3.14. The highest BCUT2D eigenvalue weighted by molar-refractivity contribution is 7.11. The van der Waals surface area contributed by atoms with Gasteiger partial charge in [-0.25, -0.2) is 9.78 Å². The van der Waals surface area contributed by atoms with Gasteiger partial charge < -0.3 is 10.1 Å². The molecule has 1 N–H and O–H groups in total. The van der Waals surface area contributed by atoms with Crippen LogP contribution in [0.3, 0.4) is 0 Å². The molecule has 1 aromatic heterocycles. The first-order valence-corrected chi connectivity index (χ1v) is 10.1. The predicted octanol–water partition coefficient (Wildman–Crippen LogP) is 6.01. The number of nitrogens with one attached hydrogen (secondary N) is 1. The maximum atomic E-state index is 11.9. The van der Waals surface area contributed by atoms with Crippen molar-refractivity contribution in [1.29, 1.82) is 5.26 Å². The molecule has 0 radical (unpaired) electrons. The number of rotatable bonds is 6. The average molecular weight is 424 g/mol. The molecule has 0 bridgehead atoms. The minimum absolute atomic E-state index is 0.169. The highest BCUT2D eigenvalue weighted by Crippen LogP contribution is 2.27. The van der Waals surface area contributed by atoms with Gasteiger partial charge >= 0.3 is 5.97 Å². The summed E-state index contributed by atoms with van der Waals surface area (Å²) in [6, 6.07) is 16.4. The Morgan fingerprint density at radius 1 is 1.21 bits per heavy atom. The van der Waals surface area contributed by atoms with E-state index in [9.17, 15) is 10.1 Å². The number of hydrogen-bond acceptors (Lipinski definition) is 6. The molecule has 1 heterocycles. The van der Waals surface area contributed by atoms with Crippen LogP contribution in [0.25, 0.3) is 16.8 Å².